The van der Waals surface area contributed by atoms with Gasteiger partial charge in [-0.15, -0.1) is 0 Å². The Morgan fingerprint density at radius 1 is 1.03 bits per heavy atom. The molecule has 0 bridgehead atoms. The molecular formula is C21H18F3N7O. The van der Waals surface area contributed by atoms with E-state index in [0.29, 0.717) is 22.7 Å². The van der Waals surface area contributed by atoms with Crippen molar-refractivity contribution >= 4 is 28.4 Å². The highest BCUT2D eigenvalue weighted by Gasteiger charge is 2.29. The molecule has 2 N–H and O–H groups in total. The molecule has 8 nitrogen and oxygen atoms in total. The quantitative estimate of drug-likeness (QED) is 0.486. The van der Waals surface area contributed by atoms with Crippen molar-refractivity contribution in [3.05, 3.63) is 72.2 Å². The number of pyridine rings is 1. The normalized spacial score (nSPS) is 12.5. The van der Waals surface area contributed by atoms with Crippen LogP contribution in [0.25, 0.3) is 11.0 Å². The number of hydrogen-bond donors (Lipinski definition) is 2. The smallest absolute Gasteiger partial charge is 0.343 e. The van der Waals surface area contributed by atoms with E-state index in [2.05, 4.69) is 30.6 Å². The first kappa shape index (κ1) is 21.2. The van der Waals surface area contributed by atoms with Crippen LogP contribution in [0, 0.1) is 0 Å². The van der Waals surface area contributed by atoms with E-state index in [-0.39, 0.29) is 11.6 Å². The molecule has 3 heterocycles. The third kappa shape index (κ3) is 4.51. The largest absolute Gasteiger partial charge is 0.416 e. The van der Waals surface area contributed by atoms with E-state index in [4.69, 9.17) is 0 Å². The van der Waals surface area contributed by atoms with Gasteiger partial charge in [-0.1, -0.05) is 0 Å². The van der Waals surface area contributed by atoms with Crippen LogP contribution in [0.1, 0.15) is 34.7 Å². The second-order valence-corrected chi connectivity index (χ2v) is 7.14. The fourth-order valence-corrected chi connectivity index (χ4v) is 3.02. The maximum absolute atomic E-state index is 12.7. The van der Waals surface area contributed by atoms with Gasteiger partial charge in [-0.3, -0.25) is 9.78 Å². The maximum Gasteiger partial charge on any atom is 0.416 e. The standard InChI is InChI=1S/C21H18F3N7O/c1-12(29-20(32)15-7-18-17(9-25-15)28-11-31(18)2)16-8-27-19(10-26-16)30-14-5-3-13(4-6-14)21(22,23)24/h3-12H,1-2H3,(H,27,30)(H,29,32)/t12-/m1/s1. The van der Waals surface area contributed by atoms with Crippen molar-refractivity contribution in [3.63, 3.8) is 0 Å². The maximum atomic E-state index is 12.7. The number of rotatable bonds is 5. The van der Waals surface area contributed by atoms with Gasteiger partial charge in [0.2, 0.25) is 0 Å². The number of carbonyl (C=O) groups is 1. The molecule has 3 aromatic heterocycles. The summed E-state index contributed by atoms with van der Waals surface area (Å²) in [6.07, 6.45) is 1.72. The van der Waals surface area contributed by atoms with Crippen molar-refractivity contribution in [2.45, 2.75) is 19.1 Å². The number of fused-ring (bicyclic) bond motifs is 1. The number of anilines is 2. The Hall–Kier alpha value is -4.02. The molecule has 32 heavy (non-hydrogen) atoms. The van der Waals surface area contributed by atoms with Crippen LogP contribution in [0.4, 0.5) is 24.7 Å². The Bertz CT molecular complexity index is 1250. The Morgan fingerprint density at radius 2 is 1.78 bits per heavy atom. The number of benzene rings is 1. The van der Waals surface area contributed by atoms with Gasteiger partial charge < -0.3 is 15.2 Å². The van der Waals surface area contributed by atoms with Crippen molar-refractivity contribution in [2.75, 3.05) is 5.32 Å². The summed E-state index contributed by atoms with van der Waals surface area (Å²) < 4.78 is 39.8. The highest BCUT2D eigenvalue weighted by atomic mass is 19.4. The number of nitrogens with zero attached hydrogens (tertiary/aromatic N) is 5. The lowest BCUT2D eigenvalue weighted by Crippen LogP contribution is -2.28. The molecule has 0 fully saturated rings. The number of carbonyl (C=O) groups excluding carboxylic acids is 1. The summed E-state index contributed by atoms with van der Waals surface area (Å²) in [6.45, 7) is 1.76. The highest BCUT2D eigenvalue weighted by molar-refractivity contribution is 5.95. The zero-order valence-corrected chi connectivity index (χ0v) is 17.1. The first-order valence-corrected chi connectivity index (χ1v) is 9.55. The topological polar surface area (TPSA) is 97.6 Å². The molecule has 1 atom stereocenters. The third-order valence-electron chi connectivity index (χ3n) is 4.79. The van der Waals surface area contributed by atoms with Crippen molar-refractivity contribution in [1.29, 1.82) is 0 Å². The summed E-state index contributed by atoms with van der Waals surface area (Å²) in [4.78, 5) is 29.4. The number of alkyl halides is 3. The number of imidazole rings is 1. The number of hydrogen-bond acceptors (Lipinski definition) is 6. The lowest BCUT2D eigenvalue weighted by molar-refractivity contribution is -0.137. The van der Waals surface area contributed by atoms with Crippen LogP contribution in [0.5, 0.6) is 0 Å². The van der Waals surface area contributed by atoms with Gasteiger partial charge in [0.1, 0.15) is 17.0 Å². The predicted octanol–water partition coefficient (Wildman–Crippen LogP) is 4.01. The van der Waals surface area contributed by atoms with E-state index in [9.17, 15) is 18.0 Å². The molecule has 4 rings (SSSR count). The third-order valence-corrected chi connectivity index (χ3v) is 4.79. The second-order valence-electron chi connectivity index (χ2n) is 7.14. The molecule has 11 heteroatoms. The molecule has 0 radical (unpaired) electrons. The number of amides is 1. The molecule has 0 saturated carbocycles. The summed E-state index contributed by atoms with van der Waals surface area (Å²) >= 11 is 0. The molecule has 4 aromatic rings. The van der Waals surface area contributed by atoms with Crippen molar-refractivity contribution in [2.24, 2.45) is 7.05 Å². The van der Waals surface area contributed by atoms with Crippen LogP contribution >= 0.6 is 0 Å². The monoisotopic (exact) mass is 441 g/mol. The zero-order chi connectivity index (χ0) is 22.9. The van der Waals surface area contributed by atoms with Crippen LogP contribution in [0.3, 0.4) is 0 Å². The molecular weight excluding hydrogens is 423 g/mol. The van der Waals surface area contributed by atoms with Gasteiger partial charge in [-0.25, -0.2) is 15.0 Å². The van der Waals surface area contributed by atoms with Crippen molar-refractivity contribution in [3.8, 4) is 0 Å². The van der Waals surface area contributed by atoms with Crippen LogP contribution in [0.15, 0.2) is 55.2 Å². The SMILES string of the molecule is C[C@@H](NC(=O)c1cc2c(cn1)ncn2C)c1cnc(Nc2ccc(C(F)(F)F)cc2)cn1. The number of aromatic nitrogens is 5. The van der Waals surface area contributed by atoms with Gasteiger partial charge in [0, 0.05) is 12.7 Å². The zero-order valence-electron chi connectivity index (χ0n) is 17.1. The molecule has 0 spiro atoms. The lowest BCUT2D eigenvalue weighted by Gasteiger charge is -2.14. The molecule has 0 unspecified atom stereocenters. The fraction of sp³-hybridized carbons (Fsp3) is 0.190. The average Bonchev–Trinajstić information content (AvgIpc) is 3.14. The van der Waals surface area contributed by atoms with E-state index in [1.807, 2.05) is 7.05 Å². The van der Waals surface area contributed by atoms with Gasteiger partial charge in [-0.05, 0) is 37.3 Å². The summed E-state index contributed by atoms with van der Waals surface area (Å²) in [6, 6.07) is 5.81. The van der Waals surface area contributed by atoms with Crippen LogP contribution in [0.2, 0.25) is 0 Å². The van der Waals surface area contributed by atoms with Gasteiger partial charge in [0.05, 0.1) is 47.7 Å². The minimum atomic E-state index is -4.39. The summed E-state index contributed by atoms with van der Waals surface area (Å²) in [5.74, 6) is -0.00952. The van der Waals surface area contributed by atoms with Gasteiger partial charge >= 0.3 is 6.18 Å². The fourth-order valence-electron chi connectivity index (χ4n) is 3.02. The van der Waals surface area contributed by atoms with E-state index in [1.165, 1.54) is 30.7 Å². The number of nitrogens with one attached hydrogen (secondary N) is 2. The van der Waals surface area contributed by atoms with E-state index < -0.39 is 17.8 Å². The van der Waals surface area contributed by atoms with E-state index in [0.717, 1.165) is 17.6 Å². The Kier molecular flexibility index (Phi) is 5.47. The first-order valence-electron chi connectivity index (χ1n) is 9.55. The summed E-state index contributed by atoms with van der Waals surface area (Å²) in [5, 5.41) is 5.71. The minimum absolute atomic E-state index is 0.251. The van der Waals surface area contributed by atoms with Gasteiger partial charge in [0.25, 0.3) is 5.91 Å². The summed E-state index contributed by atoms with van der Waals surface area (Å²) in [5.41, 5.74) is 1.96. The van der Waals surface area contributed by atoms with E-state index >= 15 is 0 Å². The van der Waals surface area contributed by atoms with Crippen molar-refractivity contribution < 1.29 is 18.0 Å². The Morgan fingerprint density at radius 3 is 2.44 bits per heavy atom. The predicted molar refractivity (Wildman–Crippen MR) is 111 cm³/mol. The number of aryl methyl sites for hydroxylation is 1. The van der Waals surface area contributed by atoms with E-state index in [1.54, 1.807) is 23.9 Å². The molecule has 0 saturated heterocycles. The van der Waals surface area contributed by atoms with Crippen LogP contribution < -0.4 is 10.6 Å². The molecule has 0 aliphatic heterocycles. The Labute approximate surface area is 180 Å². The van der Waals surface area contributed by atoms with Gasteiger partial charge in [0.15, 0.2) is 0 Å². The molecule has 164 valence electrons. The van der Waals surface area contributed by atoms with Gasteiger partial charge in [-0.2, -0.15) is 13.2 Å². The minimum Gasteiger partial charge on any atom is -0.343 e. The van der Waals surface area contributed by atoms with Crippen molar-refractivity contribution in [1.82, 2.24) is 29.8 Å². The lowest BCUT2D eigenvalue weighted by atomic mass is 10.2. The molecule has 1 aromatic carbocycles. The summed E-state index contributed by atoms with van der Waals surface area (Å²) in [7, 11) is 1.83. The first-order chi connectivity index (χ1) is 15.2. The molecule has 0 aliphatic carbocycles. The Balaban J connectivity index is 1.40. The van der Waals surface area contributed by atoms with Crippen LogP contribution in [-0.2, 0) is 13.2 Å². The highest BCUT2D eigenvalue weighted by Crippen LogP contribution is 2.30. The van der Waals surface area contributed by atoms with Crippen LogP contribution in [-0.4, -0.2) is 30.4 Å². The molecule has 1 amide bonds. The number of halogens is 3. The molecule has 0 aliphatic rings. The average molecular weight is 441 g/mol. The second kappa shape index (κ2) is 8.25.